The summed E-state index contributed by atoms with van der Waals surface area (Å²) in [7, 11) is 2.10. The molecular weight excluding hydrogens is 306 g/mol. The van der Waals surface area contributed by atoms with Gasteiger partial charge in [0.2, 0.25) is 0 Å². The lowest BCUT2D eigenvalue weighted by Gasteiger charge is -2.45. The average molecular weight is 327 g/mol. The van der Waals surface area contributed by atoms with Gasteiger partial charge in [-0.3, -0.25) is 9.69 Å². The summed E-state index contributed by atoms with van der Waals surface area (Å²) in [5.74, 6) is -0.0694. The molecule has 0 spiro atoms. The van der Waals surface area contributed by atoms with E-state index in [1.807, 2.05) is 35.2 Å². The largest absolute Gasteiger partial charge is 0.375 e. The molecule has 3 heterocycles. The van der Waals surface area contributed by atoms with Crippen LogP contribution in [0.1, 0.15) is 16.9 Å². The number of amides is 1. The molecule has 2 aliphatic heterocycles. The Hall–Kier alpha value is -2.25. The number of likely N-dealkylation sites (tertiary alicyclic amines) is 1. The van der Waals surface area contributed by atoms with Gasteiger partial charge in [0.25, 0.3) is 5.91 Å². The highest BCUT2D eigenvalue weighted by molar-refractivity contribution is 5.98. The quantitative estimate of drug-likeness (QED) is 0.891. The molecule has 2 saturated heterocycles. The van der Waals surface area contributed by atoms with E-state index in [2.05, 4.69) is 27.4 Å². The standard InChI is InChI=1S/C17H21N5O2/c1-21-9-10-24-14-7-8-22(11-13(14)21)17(23)16-15(18-20-19-16)12-5-3-2-4-6-12/h2-6,13-14H,7-11H2,1H3,(H,18,19,20)/t13-,14+/m1/s1. The fraction of sp³-hybridized carbons (Fsp3) is 0.471. The number of H-pyrrole nitrogens is 1. The first-order valence-corrected chi connectivity index (χ1v) is 8.31. The molecule has 2 aromatic rings. The van der Waals surface area contributed by atoms with Gasteiger partial charge in [-0.1, -0.05) is 30.3 Å². The second-order valence-electron chi connectivity index (χ2n) is 6.38. The van der Waals surface area contributed by atoms with Gasteiger partial charge in [0.1, 0.15) is 5.69 Å². The maximum Gasteiger partial charge on any atom is 0.276 e. The van der Waals surface area contributed by atoms with E-state index >= 15 is 0 Å². The van der Waals surface area contributed by atoms with E-state index in [-0.39, 0.29) is 18.1 Å². The van der Waals surface area contributed by atoms with Crippen molar-refractivity contribution in [2.75, 3.05) is 33.3 Å². The summed E-state index contributed by atoms with van der Waals surface area (Å²) in [5.41, 5.74) is 1.89. The van der Waals surface area contributed by atoms with Gasteiger partial charge in [-0.15, -0.1) is 0 Å². The van der Waals surface area contributed by atoms with Crippen LogP contribution in [0.4, 0.5) is 0 Å². The highest BCUT2D eigenvalue weighted by Crippen LogP contribution is 2.25. The van der Waals surface area contributed by atoms with E-state index in [1.54, 1.807) is 0 Å². The van der Waals surface area contributed by atoms with Crippen LogP contribution in [0.2, 0.25) is 0 Å². The third-order valence-electron chi connectivity index (χ3n) is 4.95. The number of hydrogen-bond acceptors (Lipinski definition) is 5. The molecule has 1 aromatic heterocycles. The normalized spacial score (nSPS) is 24.6. The third kappa shape index (κ3) is 2.70. The van der Waals surface area contributed by atoms with Crippen molar-refractivity contribution in [3.8, 4) is 11.3 Å². The molecular formula is C17H21N5O2. The summed E-state index contributed by atoms with van der Waals surface area (Å²) in [6.45, 7) is 3.03. The highest BCUT2D eigenvalue weighted by Gasteiger charge is 2.38. The Morgan fingerprint density at radius 1 is 1.25 bits per heavy atom. The first-order valence-electron chi connectivity index (χ1n) is 8.31. The van der Waals surface area contributed by atoms with Gasteiger partial charge >= 0.3 is 0 Å². The van der Waals surface area contributed by atoms with E-state index in [0.29, 0.717) is 24.5 Å². The number of ether oxygens (including phenoxy) is 1. The van der Waals surface area contributed by atoms with Crippen LogP contribution in [0.5, 0.6) is 0 Å². The molecule has 1 amide bonds. The Morgan fingerprint density at radius 2 is 2.08 bits per heavy atom. The molecule has 2 fully saturated rings. The van der Waals surface area contributed by atoms with Crippen molar-refractivity contribution < 1.29 is 9.53 Å². The average Bonchev–Trinajstić information content (AvgIpc) is 3.12. The van der Waals surface area contributed by atoms with Gasteiger partial charge in [-0.05, 0) is 13.5 Å². The smallest absolute Gasteiger partial charge is 0.276 e. The molecule has 24 heavy (non-hydrogen) atoms. The van der Waals surface area contributed by atoms with Gasteiger partial charge in [-0.25, -0.2) is 0 Å². The predicted octanol–water partition coefficient (Wildman–Crippen LogP) is 1.02. The molecule has 2 aliphatic rings. The lowest BCUT2D eigenvalue weighted by Crippen LogP contribution is -2.59. The van der Waals surface area contributed by atoms with Crippen LogP contribution in [0, 0.1) is 0 Å². The van der Waals surface area contributed by atoms with E-state index in [0.717, 1.165) is 25.1 Å². The molecule has 7 heteroatoms. The summed E-state index contributed by atoms with van der Waals surface area (Å²) in [6.07, 6.45) is 1.08. The van der Waals surface area contributed by atoms with Crippen LogP contribution in [0.25, 0.3) is 11.3 Å². The Bertz CT molecular complexity index is 717. The number of nitrogens with zero attached hydrogens (tertiary/aromatic N) is 4. The van der Waals surface area contributed by atoms with Crippen LogP contribution < -0.4 is 0 Å². The molecule has 4 rings (SSSR count). The zero-order valence-electron chi connectivity index (χ0n) is 13.7. The van der Waals surface area contributed by atoms with Crippen molar-refractivity contribution >= 4 is 5.91 Å². The number of hydrogen-bond donors (Lipinski definition) is 1. The van der Waals surface area contributed by atoms with Crippen LogP contribution in [0.15, 0.2) is 30.3 Å². The number of likely N-dealkylation sites (N-methyl/N-ethyl adjacent to an activating group) is 1. The van der Waals surface area contributed by atoms with Gasteiger partial charge in [0, 0.05) is 25.2 Å². The second-order valence-corrected chi connectivity index (χ2v) is 6.38. The summed E-state index contributed by atoms with van der Waals surface area (Å²) in [6, 6.07) is 9.92. The van der Waals surface area contributed by atoms with Crippen LogP contribution >= 0.6 is 0 Å². The number of piperidine rings is 1. The minimum absolute atomic E-state index is 0.0694. The second kappa shape index (κ2) is 6.33. The summed E-state index contributed by atoms with van der Waals surface area (Å²) in [4.78, 5) is 17.1. The lowest BCUT2D eigenvalue weighted by molar-refractivity contribution is -0.0894. The topological polar surface area (TPSA) is 74.3 Å². The number of rotatable bonds is 2. The van der Waals surface area contributed by atoms with Crippen LogP contribution in [0.3, 0.4) is 0 Å². The number of carbonyl (C=O) groups is 1. The fourth-order valence-corrected chi connectivity index (χ4v) is 3.55. The Kier molecular flexibility index (Phi) is 4.03. The Labute approximate surface area is 140 Å². The molecule has 1 N–H and O–H groups in total. The van der Waals surface area contributed by atoms with Crippen LogP contribution in [-0.2, 0) is 4.74 Å². The Balaban J connectivity index is 1.56. The Morgan fingerprint density at radius 3 is 2.92 bits per heavy atom. The van der Waals surface area contributed by atoms with Gasteiger partial charge < -0.3 is 9.64 Å². The zero-order valence-corrected chi connectivity index (χ0v) is 13.7. The summed E-state index contributed by atoms with van der Waals surface area (Å²) >= 11 is 0. The molecule has 126 valence electrons. The predicted molar refractivity (Wildman–Crippen MR) is 88.5 cm³/mol. The molecule has 0 bridgehead atoms. The number of fused-ring (bicyclic) bond motifs is 1. The van der Waals surface area contributed by atoms with Gasteiger partial charge in [-0.2, -0.15) is 15.4 Å². The number of benzene rings is 1. The van der Waals surface area contributed by atoms with E-state index in [9.17, 15) is 4.79 Å². The van der Waals surface area contributed by atoms with E-state index in [4.69, 9.17) is 4.74 Å². The number of morpholine rings is 1. The van der Waals surface area contributed by atoms with Crippen molar-refractivity contribution in [1.29, 1.82) is 0 Å². The zero-order chi connectivity index (χ0) is 16.5. The monoisotopic (exact) mass is 327 g/mol. The fourth-order valence-electron chi connectivity index (χ4n) is 3.55. The van der Waals surface area contributed by atoms with E-state index < -0.39 is 0 Å². The minimum atomic E-state index is -0.0694. The van der Waals surface area contributed by atoms with Crippen molar-refractivity contribution in [3.05, 3.63) is 36.0 Å². The maximum absolute atomic E-state index is 13.0. The maximum atomic E-state index is 13.0. The first kappa shape index (κ1) is 15.3. The number of aromatic amines is 1. The SMILES string of the molecule is CN1CCO[C@H]2CCN(C(=O)c3n[nH]nc3-c3ccccc3)C[C@H]21. The van der Waals surface area contributed by atoms with E-state index in [1.165, 1.54) is 0 Å². The summed E-state index contributed by atoms with van der Waals surface area (Å²) in [5, 5.41) is 10.9. The van der Waals surface area contributed by atoms with Crippen molar-refractivity contribution in [2.24, 2.45) is 0 Å². The van der Waals surface area contributed by atoms with Crippen molar-refractivity contribution in [1.82, 2.24) is 25.2 Å². The summed E-state index contributed by atoms with van der Waals surface area (Å²) < 4.78 is 5.85. The lowest BCUT2D eigenvalue weighted by atomic mass is 9.98. The van der Waals surface area contributed by atoms with Gasteiger partial charge in [0.15, 0.2) is 5.69 Å². The van der Waals surface area contributed by atoms with Gasteiger partial charge in [0.05, 0.1) is 18.8 Å². The van der Waals surface area contributed by atoms with Crippen molar-refractivity contribution in [3.63, 3.8) is 0 Å². The highest BCUT2D eigenvalue weighted by atomic mass is 16.5. The third-order valence-corrected chi connectivity index (χ3v) is 4.95. The number of nitrogens with one attached hydrogen (secondary N) is 1. The molecule has 1 aromatic carbocycles. The molecule has 2 atom stereocenters. The molecule has 0 aliphatic carbocycles. The number of aromatic nitrogens is 3. The first-order chi connectivity index (χ1) is 11.7. The molecule has 7 nitrogen and oxygen atoms in total. The minimum Gasteiger partial charge on any atom is -0.375 e. The van der Waals surface area contributed by atoms with Crippen molar-refractivity contribution in [2.45, 2.75) is 18.6 Å². The number of carbonyl (C=O) groups excluding carboxylic acids is 1. The molecule has 0 unspecified atom stereocenters. The molecule has 0 saturated carbocycles. The van der Waals surface area contributed by atoms with Crippen LogP contribution in [-0.4, -0.2) is 76.6 Å². The molecule has 0 radical (unpaired) electrons.